The largest absolute Gasteiger partial charge is 0.486 e. The summed E-state index contributed by atoms with van der Waals surface area (Å²) in [5.74, 6) is 1.64. The molecule has 2 rings (SSSR count). The van der Waals surface area contributed by atoms with Gasteiger partial charge in [0.15, 0.2) is 5.76 Å². The lowest BCUT2D eigenvalue weighted by Gasteiger charge is -2.16. The fraction of sp³-hybridized carbons (Fsp3) is 0.312. The van der Waals surface area contributed by atoms with Crippen LogP contribution < -0.4 is 4.74 Å². The van der Waals surface area contributed by atoms with E-state index >= 15 is 0 Å². The Kier molecular flexibility index (Phi) is 5.44. The quantitative estimate of drug-likeness (QED) is 0.786. The lowest BCUT2D eigenvalue weighted by molar-refractivity contribution is 0.0737. The lowest BCUT2D eigenvalue weighted by Crippen LogP contribution is -2.30. The average Bonchev–Trinajstić information content (AvgIpc) is 2.95. The summed E-state index contributed by atoms with van der Waals surface area (Å²) >= 11 is 3.39. The predicted octanol–water partition coefficient (Wildman–Crippen LogP) is 4.10. The Morgan fingerprint density at radius 2 is 2.00 bits per heavy atom. The molecule has 21 heavy (non-hydrogen) atoms. The first kappa shape index (κ1) is 15.6. The highest BCUT2D eigenvalue weighted by molar-refractivity contribution is 9.10. The van der Waals surface area contributed by atoms with Crippen LogP contribution in [0.2, 0.25) is 0 Å². The molecule has 0 unspecified atom stereocenters. The summed E-state index contributed by atoms with van der Waals surface area (Å²) in [5.41, 5.74) is 0. The van der Waals surface area contributed by atoms with E-state index < -0.39 is 0 Å². The van der Waals surface area contributed by atoms with Gasteiger partial charge in [0.25, 0.3) is 5.91 Å². The van der Waals surface area contributed by atoms with Crippen LogP contribution in [0.1, 0.15) is 30.2 Å². The van der Waals surface area contributed by atoms with Crippen LogP contribution in [0.4, 0.5) is 0 Å². The van der Waals surface area contributed by atoms with Crippen LogP contribution in [-0.4, -0.2) is 23.9 Å². The van der Waals surface area contributed by atoms with E-state index in [1.807, 2.05) is 38.1 Å². The van der Waals surface area contributed by atoms with E-state index in [4.69, 9.17) is 9.15 Å². The zero-order valence-electron chi connectivity index (χ0n) is 12.1. The minimum absolute atomic E-state index is 0.0892. The van der Waals surface area contributed by atoms with Gasteiger partial charge in [0, 0.05) is 17.6 Å². The Hall–Kier alpha value is -1.75. The molecule has 2 aromatic rings. The molecule has 0 aliphatic carbocycles. The van der Waals surface area contributed by atoms with Gasteiger partial charge in [-0.15, -0.1) is 0 Å². The monoisotopic (exact) mass is 351 g/mol. The van der Waals surface area contributed by atoms with Crippen molar-refractivity contribution in [3.05, 3.63) is 52.4 Å². The minimum Gasteiger partial charge on any atom is -0.486 e. The first-order valence-corrected chi connectivity index (χ1v) is 7.69. The molecule has 0 saturated heterocycles. The molecule has 0 bridgehead atoms. The van der Waals surface area contributed by atoms with Gasteiger partial charge in [-0.25, -0.2) is 0 Å². The predicted molar refractivity (Wildman–Crippen MR) is 84.4 cm³/mol. The smallest absolute Gasteiger partial charge is 0.289 e. The Bertz CT molecular complexity index is 605. The van der Waals surface area contributed by atoms with Gasteiger partial charge in [-0.3, -0.25) is 4.79 Å². The number of nitrogens with zero attached hydrogens (tertiary/aromatic N) is 1. The van der Waals surface area contributed by atoms with Crippen molar-refractivity contribution in [2.45, 2.75) is 20.5 Å². The number of benzene rings is 1. The Morgan fingerprint density at radius 1 is 1.24 bits per heavy atom. The normalized spacial score (nSPS) is 10.4. The van der Waals surface area contributed by atoms with E-state index in [0.29, 0.717) is 31.2 Å². The minimum atomic E-state index is -0.0892. The topological polar surface area (TPSA) is 42.7 Å². The molecule has 0 fully saturated rings. The van der Waals surface area contributed by atoms with Crippen molar-refractivity contribution < 1.29 is 13.9 Å². The summed E-state index contributed by atoms with van der Waals surface area (Å²) in [6.45, 7) is 5.52. The van der Waals surface area contributed by atoms with Gasteiger partial charge >= 0.3 is 0 Å². The van der Waals surface area contributed by atoms with Gasteiger partial charge in [-0.2, -0.15) is 0 Å². The first-order chi connectivity index (χ1) is 10.1. The second kappa shape index (κ2) is 7.31. The van der Waals surface area contributed by atoms with Crippen molar-refractivity contribution in [2.75, 3.05) is 13.1 Å². The molecular weight excluding hydrogens is 334 g/mol. The lowest BCUT2D eigenvalue weighted by atomic mass is 10.3. The molecule has 1 aromatic carbocycles. The molecule has 1 aromatic heterocycles. The zero-order chi connectivity index (χ0) is 15.2. The third-order valence-electron chi connectivity index (χ3n) is 3.10. The maximum absolute atomic E-state index is 12.1. The Morgan fingerprint density at radius 3 is 2.67 bits per heavy atom. The standard InChI is InChI=1S/C16H18BrNO3/c1-3-18(4-2)16(19)15-9-8-14(21-15)11-20-13-7-5-6-12(17)10-13/h5-10H,3-4,11H2,1-2H3. The van der Waals surface area contributed by atoms with Gasteiger partial charge in [0.05, 0.1) is 0 Å². The van der Waals surface area contributed by atoms with E-state index in [-0.39, 0.29) is 5.91 Å². The summed E-state index contributed by atoms with van der Waals surface area (Å²) in [5, 5.41) is 0. The fourth-order valence-corrected chi connectivity index (χ4v) is 2.33. The number of carbonyl (C=O) groups is 1. The molecule has 0 saturated carbocycles. The van der Waals surface area contributed by atoms with E-state index in [0.717, 1.165) is 10.2 Å². The Labute approximate surface area is 132 Å². The van der Waals surface area contributed by atoms with Crippen molar-refractivity contribution in [3.8, 4) is 5.75 Å². The highest BCUT2D eigenvalue weighted by Gasteiger charge is 2.16. The number of amides is 1. The molecule has 0 aliphatic rings. The maximum atomic E-state index is 12.1. The molecule has 0 radical (unpaired) electrons. The molecule has 0 N–H and O–H groups in total. The van der Waals surface area contributed by atoms with Crippen LogP contribution in [0, 0.1) is 0 Å². The van der Waals surface area contributed by atoms with E-state index in [2.05, 4.69) is 15.9 Å². The van der Waals surface area contributed by atoms with Crippen LogP contribution in [0.3, 0.4) is 0 Å². The molecular formula is C16H18BrNO3. The number of hydrogen-bond acceptors (Lipinski definition) is 3. The number of carbonyl (C=O) groups excluding carboxylic acids is 1. The van der Waals surface area contributed by atoms with Gasteiger partial charge in [-0.05, 0) is 44.2 Å². The number of rotatable bonds is 6. The third-order valence-corrected chi connectivity index (χ3v) is 3.59. The molecule has 0 atom stereocenters. The molecule has 0 aliphatic heterocycles. The average molecular weight is 352 g/mol. The maximum Gasteiger partial charge on any atom is 0.289 e. The molecule has 1 heterocycles. The number of hydrogen-bond donors (Lipinski definition) is 0. The van der Waals surface area contributed by atoms with E-state index in [1.54, 1.807) is 17.0 Å². The second-order valence-electron chi connectivity index (χ2n) is 4.49. The van der Waals surface area contributed by atoms with Gasteiger partial charge in [-0.1, -0.05) is 22.0 Å². The Balaban J connectivity index is 1.98. The SMILES string of the molecule is CCN(CC)C(=O)c1ccc(COc2cccc(Br)c2)o1. The van der Waals surface area contributed by atoms with Crippen molar-refractivity contribution in [3.63, 3.8) is 0 Å². The fourth-order valence-electron chi connectivity index (χ4n) is 1.95. The van der Waals surface area contributed by atoms with Crippen molar-refractivity contribution in [2.24, 2.45) is 0 Å². The molecule has 4 nitrogen and oxygen atoms in total. The van der Waals surface area contributed by atoms with Crippen molar-refractivity contribution >= 4 is 21.8 Å². The van der Waals surface area contributed by atoms with Crippen LogP contribution >= 0.6 is 15.9 Å². The second-order valence-corrected chi connectivity index (χ2v) is 5.41. The van der Waals surface area contributed by atoms with Crippen LogP contribution in [0.25, 0.3) is 0 Å². The highest BCUT2D eigenvalue weighted by Crippen LogP contribution is 2.19. The zero-order valence-corrected chi connectivity index (χ0v) is 13.7. The number of furan rings is 1. The third kappa shape index (κ3) is 4.11. The molecule has 5 heteroatoms. The van der Waals surface area contributed by atoms with Gasteiger partial charge in [0.1, 0.15) is 18.1 Å². The summed E-state index contributed by atoms with van der Waals surface area (Å²) in [4.78, 5) is 13.8. The molecule has 0 spiro atoms. The highest BCUT2D eigenvalue weighted by atomic mass is 79.9. The van der Waals surface area contributed by atoms with Gasteiger partial charge < -0.3 is 14.1 Å². The van der Waals surface area contributed by atoms with E-state index in [9.17, 15) is 4.79 Å². The van der Waals surface area contributed by atoms with Crippen LogP contribution in [0.15, 0.2) is 45.3 Å². The summed E-state index contributed by atoms with van der Waals surface area (Å²) < 4.78 is 12.1. The number of ether oxygens (including phenoxy) is 1. The van der Waals surface area contributed by atoms with Crippen molar-refractivity contribution in [1.29, 1.82) is 0 Å². The van der Waals surface area contributed by atoms with Crippen molar-refractivity contribution in [1.82, 2.24) is 4.90 Å². The molecule has 1 amide bonds. The van der Waals surface area contributed by atoms with Gasteiger partial charge in [0.2, 0.25) is 0 Å². The number of halogens is 1. The van der Waals surface area contributed by atoms with E-state index in [1.165, 1.54) is 0 Å². The summed E-state index contributed by atoms with van der Waals surface area (Å²) in [6.07, 6.45) is 0. The summed E-state index contributed by atoms with van der Waals surface area (Å²) in [6, 6.07) is 11.0. The first-order valence-electron chi connectivity index (χ1n) is 6.90. The molecule has 112 valence electrons. The van der Waals surface area contributed by atoms with Crippen LogP contribution in [0.5, 0.6) is 5.75 Å². The van der Waals surface area contributed by atoms with Crippen LogP contribution in [-0.2, 0) is 6.61 Å². The summed E-state index contributed by atoms with van der Waals surface area (Å²) in [7, 11) is 0.